The average molecular weight is 600 g/mol. The summed E-state index contributed by atoms with van der Waals surface area (Å²) < 4.78 is 53.2. The highest BCUT2D eigenvalue weighted by atomic mass is 32.2. The van der Waals surface area contributed by atoms with Crippen molar-refractivity contribution in [2.24, 2.45) is 0 Å². The lowest BCUT2D eigenvalue weighted by molar-refractivity contribution is -0.140. The molecule has 3 aromatic rings. The Morgan fingerprint density at radius 1 is 0.905 bits per heavy atom. The zero-order valence-corrected chi connectivity index (χ0v) is 25.2. The predicted molar refractivity (Wildman–Crippen MR) is 159 cm³/mol. The monoisotopic (exact) mass is 599 g/mol. The Morgan fingerprint density at radius 2 is 1.52 bits per heavy atom. The molecule has 0 aliphatic carbocycles. The van der Waals surface area contributed by atoms with E-state index in [1.165, 1.54) is 41.3 Å². The molecule has 9 nitrogen and oxygen atoms in total. The number of rotatable bonds is 15. The van der Waals surface area contributed by atoms with Crippen LogP contribution >= 0.6 is 0 Å². The van der Waals surface area contributed by atoms with Gasteiger partial charge in [-0.2, -0.15) is 0 Å². The molecule has 0 aliphatic rings. The van der Waals surface area contributed by atoms with Crippen LogP contribution in [0, 0.1) is 5.82 Å². The molecule has 0 heterocycles. The van der Waals surface area contributed by atoms with Crippen molar-refractivity contribution in [2.45, 2.75) is 51.1 Å². The number of halogens is 1. The van der Waals surface area contributed by atoms with Crippen LogP contribution in [0.25, 0.3) is 0 Å². The molecule has 1 atom stereocenters. The van der Waals surface area contributed by atoms with Crippen molar-refractivity contribution < 1.29 is 31.9 Å². The minimum atomic E-state index is -4.29. The zero-order chi connectivity index (χ0) is 30.7. The number of anilines is 1. The van der Waals surface area contributed by atoms with Gasteiger partial charge in [-0.3, -0.25) is 13.9 Å². The van der Waals surface area contributed by atoms with Crippen LogP contribution in [-0.4, -0.2) is 58.0 Å². The second-order valence-electron chi connectivity index (χ2n) is 9.48. The number of benzene rings is 3. The number of amides is 2. The van der Waals surface area contributed by atoms with Crippen molar-refractivity contribution in [1.29, 1.82) is 0 Å². The van der Waals surface area contributed by atoms with Crippen molar-refractivity contribution in [3.63, 3.8) is 0 Å². The van der Waals surface area contributed by atoms with E-state index in [4.69, 9.17) is 9.47 Å². The Bertz CT molecular complexity index is 1410. The average Bonchev–Trinajstić information content (AvgIpc) is 2.99. The number of carbonyl (C=O) groups excluding carboxylic acids is 2. The first-order valence-electron chi connectivity index (χ1n) is 13.9. The maximum Gasteiger partial charge on any atom is 0.264 e. The Balaban J connectivity index is 2.03. The quantitative estimate of drug-likeness (QED) is 0.270. The van der Waals surface area contributed by atoms with Gasteiger partial charge in [0.15, 0.2) is 0 Å². The van der Waals surface area contributed by atoms with E-state index in [0.29, 0.717) is 37.5 Å². The van der Waals surface area contributed by atoms with Crippen LogP contribution in [0.1, 0.15) is 39.2 Å². The summed E-state index contributed by atoms with van der Waals surface area (Å²) in [6.45, 7) is 5.82. The summed E-state index contributed by atoms with van der Waals surface area (Å²) >= 11 is 0. The van der Waals surface area contributed by atoms with E-state index < -0.39 is 34.3 Å². The van der Waals surface area contributed by atoms with Gasteiger partial charge in [0, 0.05) is 13.1 Å². The van der Waals surface area contributed by atoms with Crippen LogP contribution in [0.15, 0.2) is 77.7 Å². The van der Waals surface area contributed by atoms with E-state index in [1.807, 2.05) is 13.8 Å². The summed E-state index contributed by atoms with van der Waals surface area (Å²) in [7, 11) is -2.74. The molecule has 2 amide bonds. The Labute approximate surface area is 247 Å². The van der Waals surface area contributed by atoms with E-state index >= 15 is 0 Å². The van der Waals surface area contributed by atoms with Crippen molar-refractivity contribution >= 4 is 27.5 Å². The lowest BCUT2D eigenvalue weighted by Gasteiger charge is -2.33. The number of methoxy groups -OCH3 is 1. The molecule has 1 unspecified atom stereocenters. The summed E-state index contributed by atoms with van der Waals surface area (Å²) in [4.78, 5) is 28.5. The molecule has 0 aliphatic heterocycles. The first kappa shape index (κ1) is 32.4. The van der Waals surface area contributed by atoms with Crippen LogP contribution in [0.3, 0.4) is 0 Å². The molecule has 42 heavy (non-hydrogen) atoms. The molecule has 0 fully saturated rings. The zero-order valence-electron chi connectivity index (χ0n) is 24.4. The minimum absolute atomic E-state index is 0.0568. The number of carbonyl (C=O) groups is 2. The fraction of sp³-hybridized carbons (Fsp3) is 0.355. The van der Waals surface area contributed by atoms with Gasteiger partial charge in [-0.15, -0.1) is 0 Å². The fourth-order valence-electron chi connectivity index (χ4n) is 4.35. The van der Waals surface area contributed by atoms with Gasteiger partial charge >= 0.3 is 0 Å². The molecule has 11 heteroatoms. The maximum absolute atomic E-state index is 14.0. The third-order valence-electron chi connectivity index (χ3n) is 6.56. The first-order chi connectivity index (χ1) is 20.1. The van der Waals surface area contributed by atoms with Crippen molar-refractivity contribution in [3.8, 4) is 11.5 Å². The molecule has 0 saturated heterocycles. The minimum Gasteiger partial charge on any atom is -0.497 e. The van der Waals surface area contributed by atoms with E-state index in [1.54, 1.807) is 38.3 Å². The van der Waals surface area contributed by atoms with Gasteiger partial charge in [-0.25, -0.2) is 12.8 Å². The van der Waals surface area contributed by atoms with Gasteiger partial charge in [0.25, 0.3) is 10.0 Å². The third-order valence-corrected chi connectivity index (χ3v) is 8.35. The number of sulfonamides is 1. The van der Waals surface area contributed by atoms with Crippen molar-refractivity contribution in [2.75, 3.05) is 31.1 Å². The molecule has 0 spiro atoms. The summed E-state index contributed by atoms with van der Waals surface area (Å²) in [5, 5.41) is 2.85. The SMILES string of the molecule is CCCNC(=O)C(CC)N(Cc1ccc(OC)cc1)C(=O)CN(c1ccc(F)cc1)S(=O)(=O)c1ccc(OCC)cc1. The first-order valence-corrected chi connectivity index (χ1v) is 15.3. The topological polar surface area (TPSA) is 105 Å². The third kappa shape index (κ3) is 8.22. The van der Waals surface area contributed by atoms with Crippen LogP contribution < -0.4 is 19.1 Å². The standard InChI is InChI=1S/C31H38FN3O6S/c1-5-20-33-31(37)29(6-2)34(21-23-8-14-26(40-4)15-9-23)30(36)22-35(25-12-10-24(32)11-13-25)42(38,39)28-18-16-27(17-19-28)41-7-3/h8-19,29H,5-7,20-22H2,1-4H3,(H,33,37). The van der Waals surface area contributed by atoms with E-state index in [0.717, 1.165) is 22.0 Å². The number of hydrogen-bond donors (Lipinski definition) is 1. The summed E-state index contributed by atoms with van der Waals surface area (Å²) in [6.07, 6.45) is 1.02. The molecule has 0 bridgehead atoms. The van der Waals surface area contributed by atoms with Gasteiger partial charge in [-0.1, -0.05) is 26.0 Å². The highest BCUT2D eigenvalue weighted by molar-refractivity contribution is 7.92. The fourth-order valence-corrected chi connectivity index (χ4v) is 5.77. The number of nitrogens with one attached hydrogen (secondary N) is 1. The highest BCUT2D eigenvalue weighted by Gasteiger charge is 2.33. The number of hydrogen-bond acceptors (Lipinski definition) is 6. The highest BCUT2D eigenvalue weighted by Crippen LogP contribution is 2.26. The lowest BCUT2D eigenvalue weighted by atomic mass is 10.1. The van der Waals surface area contributed by atoms with Gasteiger partial charge in [0.2, 0.25) is 11.8 Å². The van der Waals surface area contributed by atoms with Crippen LogP contribution in [0.2, 0.25) is 0 Å². The summed E-state index contributed by atoms with van der Waals surface area (Å²) in [6, 6.07) is 16.9. The largest absolute Gasteiger partial charge is 0.497 e. The lowest BCUT2D eigenvalue weighted by Crippen LogP contribution is -2.52. The predicted octanol–water partition coefficient (Wildman–Crippen LogP) is 4.76. The number of ether oxygens (including phenoxy) is 2. The normalized spacial score (nSPS) is 11.8. The molecule has 0 radical (unpaired) electrons. The molecule has 226 valence electrons. The van der Waals surface area contributed by atoms with Crippen LogP contribution in [-0.2, 0) is 26.2 Å². The summed E-state index contributed by atoms with van der Waals surface area (Å²) in [5.74, 6) is -0.348. The van der Waals surface area contributed by atoms with Crippen molar-refractivity contribution in [3.05, 3.63) is 84.2 Å². The Hall–Kier alpha value is -4.12. The Kier molecular flexibility index (Phi) is 11.7. The van der Waals surface area contributed by atoms with E-state index in [-0.39, 0.29) is 23.0 Å². The van der Waals surface area contributed by atoms with E-state index in [2.05, 4.69) is 5.32 Å². The van der Waals surface area contributed by atoms with Gasteiger partial charge in [-0.05, 0) is 86.0 Å². The molecular formula is C31H38FN3O6S. The summed E-state index contributed by atoms with van der Waals surface area (Å²) in [5.41, 5.74) is 0.833. The van der Waals surface area contributed by atoms with Crippen LogP contribution in [0.4, 0.5) is 10.1 Å². The van der Waals surface area contributed by atoms with Crippen LogP contribution in [0.5, 0.6) is 11.5 Å². The second-order valence-corrected chi connectivity index (χ2v) is 11.3. The number of nitrogens with zero attached hydrogens (tertiary/aromatic N) is 2. The van der Waals surface area contributed by atoms with Gasteiger partial charge in [0.05, 0.1) is 24.3 Å². The van der Waals surface area contributed by atoms with Gasteiger partial charge < -0.3 is 19.7 Å². The van der Waals surface area contributed by atoms with Crippen molar-refractivity contribution in [1.82, 2.24) is 10.2 Å². The van der Waals surface area contributed by atoms with Gasteiger partial charge in [0.1, 0.15) is 29.9 Å². The molecular weight excluding hydrogens is 561 g/mol. The molecule has 1 N–H and O–H groups in total. The Morgan fingerprint density at radius 3 is 2.07 bits per heavy atom. The molecule has 3 aromatic carbocycles. The molecule has 3 rings (SSSR count). The molecule has 0 aromatic heterocycles. The molecule has 0 saturated carbocycles. The maximum atomic E-state index is 14.0. The van der Waals surface area contributed by atoms with E-state index in [9.17, 15) is 22.4 Å². The smallest absolute Gasteiger partial charge is 0.264 e. The second kappa shape index (κ2) is 15.2.